The monoisotopic (exact) mass is 527 g/mol. The Kier molecular flexibility index (Phi) is 6.27. The minimum atomic E-state index is -4.91. The maximum atomic E-state index is 13.8. The molecule has 0 aliphatic rings. The molecular weight excluding hydrogens is 506 g/mol. The normalized spacial score (nSPS) is 14.4. The lowest BCUT2D eigenvalue weighted by atomic mass is 9.96. The number of hydrogen-bond acceptors (Lipinski definition) is 6. The average molecular weight is 528 g/mol. The van der Waals surface area contributed by atoms with Gasteiger partial charge < -0.3 is 5.11 Å². The van der Waals surface area contributed by atoms with Gasteiger partial charge in [0.25, 0.3) is 0 Å². The summed E-state index contributed by atoms with van der Waals surface area (Å²) >= 11 is 1.06. The van der Waals surface area contributed by atoms with Crippen molar-refractivity contribution in [1.29, 1.82) is 0 Å². The number of benzene rings is 2. The first-order valence-electron chi connectivity index (χ1n) is 10.5. The number of aryl methyl sites for hydroxylation is 1. The molecule has 2 aromatic heterocycles. The van der Waals surface area contributed by atoms with Crippen molar-refractivity contribution in [1.82, 2.24) is 15.0 Å². The molecule has 6 nitrogen and oxygen atoms in total. The van der Waals surface area contributed by atoms with Gasteiger partial charge in [0.2, 0.25) is 5.60 Å². The van der Waals surface area contributed by atoms with Crippen LogP contribution in [0.2, 0.25) is 0 Å². The first-order valence-corrected chi connectivity index (χ1v) is 13.2. The zero-order valence-electron chi connectivity index (χ0n) is 18.9. The molecule has 0 aliphatic carbocycles. The summed E-state index contributed by atoms with van der Waals surface area (Å²) in [4.78, 5) is 0. The number of thiophene rings is 1. The third-order valence-corrected chi connectivity index (χ3v) is 8.78. The minimum Gasteiger partial charge on any atom is -0.375 e. The topological polar surface area (TPSA) is 85.1 Å². The summed E-state index contributed by atoms with van der Waals surface area (Å²) in [5.74, 6) is -0.399. The number of rotatable bonds is 6. The van der Waals surface area contributed by atoms with E-state index in [1.165, 1.54) is 23.7 Å². The predicted molar refractivity (Wildman–Crippen MR) is 124 cm³/mol. The fourth-order valence-corrected chi connectivity index (χ4v) is 6.32. The fraction of sp³-hybridized carbons (Fsp3) is 0.304. The highest BCUT2D eigenvalue weighted by Crippen LogP contribution is 2.43. The van der Waals surface area contributed by atoms with Crippen LogP contribution in [0.1, 0.15) is 30.2 Å². The highest BCUT2D eigenvalue weighted by atomic mass is 32.2. The minimum absolute atomic E-state index is 0.0533. The van der Waals surface area contributed by atoms with Crippen molar-refractivity contribution < 1.29 is 31.1 Å². The lowest BCUT2D eigenvalue weighted by molar-refractivity contribution is -0.269. The van der Waals surface area contributed by atoms with Crippen LogP contribution in [0.4, 0.5) is 17.6 Å². The molecule has 0 aliphatic heterocycles. The summed E-state index contributed by atoms with van der Waals surface area (Å²) < 4.78 is 80.8. The van der Waals surface area contributed by atoms with Gasteiger partial charge in [-0.15, -0.1) is 16.4 Å². The summed E-state index contributed by atoms with van der Waals surface area (Å²) in [6.07, 6.45) is -3.37. The Bertz CT molecular complexity index is 1530. The van der Waals surface area contributed by atoms with Crippen LogP contribution in [0.5, 0.6) is 0 Å². The quantitative estimate of drug-likeness (QED) is 0.348. The fourth-order valence-electron chi connectivity index (χ4n) is 3.83. The second-order valence-corrected chi connectivity index (χ2v) is 11.6. The molecule has 1 unspecified atom stereocenters. The molecule has 4 aromatic rings. The van der Waals surface area contributed by atoms with Crippen molar-refractivity contribution in [2.24, 2.45) is 0 Å². The summed E-state index contributed by atoms with van der Waals surface area (Å²) in [5, 5.41) is 18.0. The molecule has 0 spiro atoms. The van der Waals surface area contributed by atoms with E-state index in [9.17, 15) is 31.1 Å². The molecule has 2 heterocycles. The number of nitrogens with zero attached hydrogens (tertiary/aromatic N) is 3. The van der Waals surface area contributed by atoms with Gasteiger partial charge in [-0.05, 0) is 48.2 Å². The Labute approximate surface area is 202 Å². The van der Waals surface area contributed by atoms with Gasteiger partial charge in [0.15, 0.2) is 9.84 Å². The highest BCUT2D eigenvalue weighted by molar-refractivity contribution is 7.93. The van der Waals surface area contributed by atoms with E-state index in [1.807, 2.05) is 0 Å². The Morgan fingerprint density at radius 2 is 1.86 bits per heavy atom. The van der Waals surface area contributed by atoms with Crippen LogP contribution in [0.15, 0.2) is 46.8 Å². The van der Waals surface area contributed by atoms with Crippen molar-refractivity contribution in [3.8, 4) is 11.1 Å². The Hall–Kier alpha value is -2.83. The van der Waals surface area contributed by atoms with Gasteiger partial charge in [0, 0.05) is 21.9 Å². The summed E-state index contributed by atoms with van der Waals surface area (Å²) in [6.45, 7) is 2.85. The highest BCUT2D eigenvalue weighted by Gasteiger charge is 2.55. The zero-order chi connectivity index (χ0) is 25.8. The van der Waals surface area contributed by atoms with Crippen LogP contribution in [-0.2, 0) is 22.0 Å². The van der Waals surface area contributed by atoms with Gasteiger partial charge in [-0.2, -0.15) is 13.2 Å². The van der Waals surface area contributed by atoms with E-state index in [0.717, 1.165) is 23.8 Å². The van der Waals surface area contributed by atoms with Crippen molar-refractivity contribution >= 4 is 31.3 Å². The molecule has 0 fully saturated rings. The predicted octanol–water partition coefficient (Wildman–Crippen LogP) is 5.22. The Balaban J connectivity index is 1.75. The second-order valence-electron chi connectivity index (χ2n) is 8.34. The second kappa shape index (κ2) is 8.68. The molecule has 2 aromatic carbocycles. The third-order valence-electron chi connectivity index (χ3n) is 5.79. The van der Waals surface area contributed by atoms with E-state index < -0.39 is 39.5 Å². The standard InChI is InChI=1S/C23H21F4N3O3S2/c1-4-22(31,23(25,26)27)19-12-30(29-28-19)11-14-5-7-16-18(10-14)34-21(35(3,32)33)20(16)15-6-8-17(24)13(2)9-15/h5-10,12,31H,4,11H2,1-3H3. The molecule has 186 valence electrons. The van der Waals surface area contributed by atoms with E-state index in [1.54, 1.807) is 31.2 Å². The number of halogens is 4. The molecule has 12 heteroatoms. The smallest absolute Gasteiger partial charge is 0.375 e. The third kappa shape index (κ3) is 4.57. The van der Waals surface area contributed by atoms with Crippen LogP contribution in [0.3, 0.4) is 0 Å². The molecule has 0 saturated carbocycles. The van der Waals surface area contributed by atoms with Crippen molar-refractivity contribution in [2.75, 3.05) is 6.26 Å². The van der Waals surface area contributed by atoms with Gasteiger partial charge in [-0.25, -0.2) is 17.5 Å². The molecular formula is C23H21F4N3O3S2. The molecule has 0 radical (unpaired) electrons. The molecule has 1 atom stereocenters. The van der Waals surface area contributed by atoms with Crippen LogP contribution in [0.25, 0.3) is 21.2 Å². The van der Waals surface area contributed by atoms with Crippen LogP contribution < -0.4 is 0 Å². The summed E-state index contributed by atoms with van der Waals surface area (Å²) in [5.41, 5.74) is -1.64. The maximum absolute atomic E-state index is 13.8. The molecule has 4 rings (SSSR count). The Morgan fingerprint density at radius 3 is 2.46 bits per heavy atom. The first-order chi connectivity index (χ1) is 16.2. The number of hydrogen-bond donors (Lipinski definition) is 1. The van der Waals surface area contributed by atoms with Crippen LogP contribution in [0, 0.1) is 12.7 Å². The van der Waals surface area contributed by atoms with E-state index in [0.29, 0.717) is 32.3 Å². The van der Waals surface area contributed by atoms with Gasteiger partial charge in [0.05, 0.1) is 12.7 Å². The SMILES string of the molecule is CCC(O)(c1cn(Cc2ccc3c(-c4ccc(F)c(C)c4)c(S(C)(=O)=O)sc3c2)nn1)C(F)(F)F. The van der Waals surface area contributed by atoms with Crippen LogP contribution >= 0.6 is 11.3 Å². The zero-order valence-corrected chi connectivity index (χ0v) is 20.5. The van der Waals surface area contributed by atoms with E-state index >= 15 is 0 Å². The van der Waals surface area contributed by atoms with Gasteiger partial charge >= 0.3 is 6.18 Å². The Morgan fingerprint density at radius 1 is 1.14 bits per heavy atom. The van der Waals surface area contributed by atoms with Gasteiger partial charge in [0.1, 0.15) is 15.7 Å². The number of aliphatic hydroxyl groups is 1. The van der Waals surface area contributed by atoms with E-state index in [4.69, 9.17) is 0 Å². The maximum Gasteiger partial charge on any atom is 0.423 e. The lowest BCUT2D eigenvalue weighted by Crippen LogP contribution is -2.42. The molecule has 0 saturated heterocycles. The number of fused-ring (bicyclic) bond motifs is 1. The first kappa shape index (κ1) is 25.3. The van der Waals surface area contributed by atoms with Gasteiger partial charge in [-0.1, -0.05) is 30.3 Å². The van der Waals surface area contributed by atoms with E-state index in [-0.39, 0.29) is 10.8 Å². The molecule has 35 heavy (non-hydrogen) atoms. The molecule has 0 bridgehead atoms. The number of sulfone groups is 1. The molecule has 0 amide bonds. The molecule has 1 N–H and O–H groups in total. The van der Waals surface area contributed by atoms with Crippen LogP contribution in [-0.4, -0.2) is 41.0 Å². The number of alkyl halides is 3. The van der Waals surface area contributed by atoms with E-state index in [2.05, 4.69) is 10.3 Å². The number of aromatic nitrogens is 3. The lowest BCUT2D eigenvalue weighted by Gasteiger charge is -2.26. The average Bonchev–Trinajstić information content (AvgIpc) is 3.39. The summed E-state index contributed by atoms with van der Waals surface area (Å²) in [6, 6.07) is 9.56. The summed E-state index contributed by atoms with van der Waals surface area (Å²) in [7, 11) is -3.61. The van der Waals surface area contributed by atoms with Gasteiger partial charge in [-0.3, -0.25) is 0 Å². The van der Waals surface area contributed by atoms with Crippen molar-refractivity contribution in [3.05, 3.63) is 65.2 Å². The van der Waals surface area contributed by atoms with Crippen molar-refractivity contribution in [2.45, 2.75) is 42.8 Å². The largest absolute Gasteiger partial charge is 0.423 e. The van der Waals surface area contributed by atoms with Crippen molar-refractivity contribution in [3.63, 3.8) is 0 Å².